The SMILES string of the molecule is CCn1c(-c2cccnc2[C@H](C)OC)c2c3cc(ccc31)N1CCC[C@@H](C[C@H](NC(=O)[C@H](C(C)C)N(C)C(=O)C3(F)CCN(C(=O)C#CC(C)(C)N(C)C)CC3)C(=O)N3CCC[C@H](N3)C(=O)OCC(C)(C)C2)C1. The third kappa shape index (κ3) is 12.0. The average Bonchev–Trinajstić information content (AvgIpc) is 3.67. The minimum atomic E-state index is -2.32. The Morgan fingerprint density at radius 1 is 1.04 bits per heavy atom. The number of rotatable bonds is 10. The van der Waals surface area contributed by atoms with Crippen molar-refractivity contribution >= 4 is 46.2 Å². The molecule has 1 aromatic carbocycles. The second kappa shape index (κ2) is 22.5. The number of cyclic esters (lactones) is 1. The normalized spacial score (nSPS) is 22.5. The largest absolute Gasteiger partial charge is 0.464 e. The van der Waals surface area contributed by atoms with Gasteiger partial charge in [-0.1, -0.05) is 33.6 Å². The standard InChI is InChI=1S/C56H80FN9O7/c1-13-65-45-21-20-39-32-41(45)42(49(65)40-18-14-26-58-47(40)37(4)72-12)33-54(5,6)35-73-52(70)43-19-16-28-66(60-43)51(69)44(31-38-17-15-27-64(39)34-38)59-50(68)48(36(2)3)62(11)53(71)56(57)24-29-63(30-25-56)46(67)22-23-55(7,8)61(9)10/h14,18,20-21,26,32,36-38,43-44,48,60H,13,15-17,19,24-25,27-31,33-35H2,1-12H3,(H,59,68)/t37-,38-,43-,44-,48-/m0/s1. The molecule has 2 aromatic heterocycles. The Morgan fingerprint density at radius 2 is 1.75 bits per heavy atom. The average molecular weight is 1010 g/mol. The number of benzene rings is 1. The van der Waals surface area contributed by atoms with Crippen LogP contribution in [0.15, 0.2) is 36.5 Å². The summed E-state index contributed by atoms with van der Waals surface area (Å²) >= 11 is 0. The number of alkyl halides is 1. The fourth-order valence-corrected chi connectivity index (χ4v) is 11.0. The van der Waals surface area contributed by atoms with E-state index in [2.05, 4.69) is 77.1 Å². The van der Waals surface area contributed by atoms with Gasteiger partial charge in [0.05, 0.1) is 29.6 Å². The quantitative estimate of drug-likeness (QED) is 0.173. The van der Waals surface area contributed by atoms with E-state index in [-0.39, 0.29) is 44.6 Å². The van der Waals surface area contributed by atoms with Crippen molar-refractivity contribution in [2.45, 2.75) is 149 Å². The molecule has 0 radical (unpaired) electrons. The fourth-order valence-electron chi connectivity index (χ4n) is 11.0. The van der Waals surface area contributed by atoms with Crippen LogP contribution in [0.3, 0.4) is 0 Å². The van der Waals surface area contributed by atoms with Crippen molar-refractivity contribution in [1.29, 1.82) is 0 Å². The first-order chi connectivity index (χ1) is 34.5. The number of ether oxygens (including phenoxy) is 2. The number of hydrogen-bond acceptors (Lipinski definition) is 11. The molecule has 0 unspecified atom stereocenters. The van der Waals surface area contributed by atoms with Crippen LogP contribution in [-0.2, 0) is 46.4 Å². The zero-order valence-electron chi connectivity index (χ0n) is 45.4. The summed E-state index contributed by atoms with van der Waals surface area (Å²) in [6.07, 6.45) is 4.60. The van der Waals surface area contributed by atoms with E-state index in [0.717, 1.165) is 58.5 Å². The molecule has 16 nitrogen and oxygen atoms in total. The molecule has 73 heavy (non-hydrogen) atoms. The lowest BCUT2D eigenvalue weighted by atomic mass is 9.84. The number of likely N-dealkylation sites (N-methyl/N-ethyl adjacent to an activating group) is 1. The molecule has 3 saturated heterocycles. The number of hydrazine groups is 1. The van der Waals surface area contributed by atoms with E-state index in [1.807, 2.05) is 45.8 Å². The minimum Gasteiger partial charge on any atom is -0.464 e. The molecular weight excluding hydrogens is 930 g/mol. The molecule has 6 heterocycles. The summed E-state index contributed by atoms with van der Waals surface area (Å²) in [4.78, 5) is 82.5. The predicted octanol–water partition coefficient (Wildman–Crippen LogP) is 6.30. The number of halogens is 1. The number of amides is 4. The Kier molecular flexibility index (Phi) is 17.0. The zero-order chi connectivity index (χ0) is 53.2. The van der Waals surface area contributed by atoms with Gasteiger partial charge in [-0.25, -0.2) is 9.82 Å². The maximum atomic E-state index is 16.8. The van der Waals surface area contributed by atoms with E-state index in [4.69, 9.17) is 14.5 Å². The topological polar surface area (TPSA) is 162 Å². The van der Waals surface area contributed by atoms with Crippen LogP contribution in [0.2, 0.25) is 0 Å². The Balaban J connectivity index is 1.18. The molecule has 4 amide bonds. The Labute approximate surface area is 432 Å². The number of carbonyl (C=O) groups excluding carboxylic acids is 5. The monoisotopic (exact) mass is 1010 g/mol. The van der Waals surface area contributed by atoms with E-state index in [1.165, 1.54) is 21.9 Å². The van der Waals surface area contributed by atoms with Gasteiger partial charge in [0.15, 0.2) is 5.67 Å². The van der Waals surface area contributed by atoms with Crippen LogP contribution in [0.4, 0.5) is 10.1 Å². The highest BCUT2D eigenvalue weighted by atomic mass is 19.1. The summed E-state index contributed by atoms with van der Waals surface area (Å²) in [6.45, 7) is 18.3. The van der Waals surface area contributed by atoms with Gasteiger partial charge in [0.2, 0.25) is 5.91 Å². The van der Waals surface area contributed by atoms with Crippen LogP contribution in [-0.4, -0.2) is 156 Å². The van der Waals surface area contributed by atoms with Crippen LogP contribution < -0.4 is 15.6 Å². The molecule has 0 saturated carbocycles. The molecule has 3 fully saturated rings. The third-order valence-corrected chi connectivity index (χ3v) is 15.8. The number of aromatic nitrogens is 2. The lowest BCUT2D eigenvalue weighted by molar-refractivity contribution is -0.156. The van der Waals surface area contributed by atoms with Crippen molar-refractivity contribution in [1.82, 2.24) is 40.0 Å². The highest BCUT2D eigenvalue weighted by molar-refractivity contribution is 5.97. The number of fused-ring (bicyclic) bond motifs is 6. The highest BCUT2D eigenvalue weighted by Gasteiger charge is 2.48. The molecule has 3 aromatic rings. The predicted molar refractivity (Wildman–Crippen MR) is 281 cm³/mol. The van der Waals surface area contributed by atoms with E-state index < -0.39 is 70.3 Å². The molecule has 6 bridgehead atoms. The van der Waals surface area contributed by atoms with Gasteiger partial charge >= 0.3 is 5.97 Å². The summed E-state index contributed by atoms with van der Waals surface area (Å²) < 4.78 is 31.1. The molecule has 2 N–H and O–H groups in total. The summed E-state index contributed by atoms with van der Waals surface area (Å²) in [5.41, 5.74) is 5.95. The molecule has 398 valence electrons. The number of anilines is 1. The van der Waals surface area contributed by atoms with Crippen LogP contribution in [0.25, 0.3) is 22.2 Å². The van der Waals surface area contributed by atoms with Gasteiger partial charge in [-0.05, 0) is 134 Å². The lowest BCUT2D eigenvalue weighted by Crippen LogP contribution is -2.63. The van der Waals surface area contributed by atoms with Crippen molar-refractivity contribution < 1.29 is 37.8 Å². The van der Waals surface area contributed by atoms with Crippen molar-refractivity contribution in [3.05, 3.63) is 47.8 Å². The molecule has 4 aliphatic rings. The smallest absolute Gasteiger partial charge is 0.324 e. The summed E-state index contributed by atoms with van der Waals surface area (Å²) in [7, 11) is 6.87. The Bertz CT molecular complexity index is 2590. The van der Waals surface area contributed by atoms with Gasteiger partial charge in [-0.3, -0.25) is 38.9 Å². The molecule has 4 aliphatic heterocycles. The van der Waals surface area contributed by atoms with Gasteiger partial charge in [0, 0.05) is 100 Å². The maximum Gasteiger partial charge on any atom is 0.324 e. The fraction of sp³-hybridized carbons (Fsp3) is 0.643. The molecule has 7 rings (SSSR count). The number of carbonyl (C=O) groups is 5. The zero-order valence-corrected chi connectivity index (χ0v) is 45.4. The maximum absolute atomic E-state index is 16.8. The van der Waals surface area contributed by atoms with Crippen LogP contribution in [0, 0.1) is 29.1 Å². The van der Waals surface area contributed by atoms with Crippen molar-refractivity contribution in [3.63, 3.8) is 0 Å². The number of esters is 1. The number of nitrogens with zero attached hydrogens (tertiary/aromatic N) is 7. The van der Waals surface area contributed by atoms with Gasteiger partial charge in [-0.2, -0.15) is 0 Å². The lowest BCUT2D eigenvalue weighted by Gasteiger charge is -2.41. The van der Waals surface area contributed by atoms with E-state index >= 15 is 4.39 Å². The molecule has 17 heteroatoms. The molecular formula is C56H80FN9O7. The van der Waals surface area contributed by atoms with Crippen LogP contribution in [0.1, 0.15) is 118 Å². The number of pyridine rings is 1. The van der Waals surface area contributed by atoms with Gasteiger partial charge in [0.25, 0.3) is 17.7 Å². The first kappa shape index (κ1) is 55.2. The molecule has 0 spiro atoms. The number of piperidine rings is 2. The minimum absolute atomic E-state index is 0.00333. The summed E-state index contributed by atoms with van der Waals surface area (Å²) in [6, 6.07) is 7.75. The van der Waals surface area contributed by atoms with Gasteiger partial charge in [-0.15, -0.1) is 0 Å². The number of nitrogens with one attached hydrogen (secondary N) is 2. The second-order valence-corrected chi connectivity index (χ2v) is 22.7. The van der Waals surface area contributed by atoms with E-state index in [1.54, 1.807) is 27.2 Å². The molecule has 0 aliphatic carbocycles. The van der Waals surface area contributed by atoms with E-state index in [9.17, 15) is 24.0 Å². The highest BCUT2D eigenvalue weighted by Crippen LogP contribution is 2.42. The van der Waals surface area contributed by atoms with Crippen molar-refractivity contribution in [2.75, 3.05) is 72.5 Å². The van der Waals surface area contributed by atoms with Crippen LogP contribution >= 0.6 is 0 Å². The first-order valence-corrected chi connectivity index (χ1v) is 26.4. The van der Waals surface area contributed by atoms with E-state index in [0.29, 0.717) is 45.3 Å². The number of hydrogen-bond donors (Lipinski definition) is 2. The first-order valence-electron chi connectivity index (χ1n) is 26.4. The van der Waals surface area contributed by atoms with Crippen molar-refractivity contribution in [2.24, 2.45) is 17.3 Å². The summed E-state index contributed by atoms with van der Waals surface area (Å²) in [5, 5.41) is 5.61. The third-order valence-electron chi connectivity index (χ3n) is 15.8. The number of methoxy groups -OCH3 is 1. The summed E-state index contributed by atoms with van der Waals surface area (Å²) in [5.74, 6) is 2.49. The number of likely N-dealkylation sites (tertiary alicyclic amines) is 1. The van der Waals surface area contributed by atoms with Crippen LogP contribution in [0.5, 0.6) is 0 Å². The molecule has 5 atom stereocenters. The van der Waals surface area contributed by atoms with Gasteiger partial charge < -0.3 is 34.1 Å². The number of aryl methyl sites for hydroxylation is 1. The van der Waals surface area contributed by atoms with Crippen molar-refractivity contribution in [3.8, 4) is 23.1 Å². The second-order valence-electron chi connectivity index (χ2n) is 22.7. The Hall–Kier alpha value is -5.57. The Morgan fingerprint density at radius 3 is 2.42 bits per heavy atom. The van der Waals surface area contributed by atoms with Gasteiger partial charge in [0.1, 0.15) is 18.1 Å².